The van der Waals surface area contributed by atoms with Gasteiger partial charge in [0.1, 0.15) is 0 Å². The van der Waals surface area contributed by atoms with Crippen molar-refractivity contribution in [1.29, 1.82) is 0 Å². The van der Waals surface area contributed by atoms with Crippen molar-refractivity contribution in [3.05, 3.63) is 0 Å². The van der Waals surface area contributed by atoms with Crippen molar-refractivity contribution in [2.24, 2.45) is 11.8 Å². The predicted octanol–water partition coefficient (Wildman–Crippen LogP) is 7.76. The minimum atomic E-state index is 0.957. The summed E-state index contributed by atoms with van der Waals surface area (Å²) in [6.45, 7) is 9.45. The van der Waals surface area contributed by atoms with Crippen LogP contribution in [-0.4, -0.2) is 0 Å². The van der Waals surface area contributed by atoms with Crippen LogP contribution in [0.15, 0.2) is 0 Å². The maximum Gasteiger partial charge on any atom is -0.0412 e. The fraction of sp³-hybridized carbons (Fsp3) is 1.00. The Morgan fingerprint density at radius 2 is 1.10 bits per heavy atom. The van der Waals surface area contributed by atoms with E-state index in [-0.39, 0.29) is 0 Å². The standard InChI is InChI=1S/C20H42/c1-5-8-10-11-12-14-17-20(15-7-3)18-19(4)16-13-9-6-2/h19-20H,5-18H2,1-4H3. The Bertz CT molecular complexity index is 173. The van der Waals surface area contributed by atoms with E-state index < -0.39 is 0 Å². The number of rotatable bonds is 15. The van der Waals surface area contributed by atoms with Crippen LogP contribution in [0.4, 0.5) is 0 Å². The lowest BCUT2D eigenvalue weighted by Crippen LogP contribution is -2.07. The summed E-state index contributed by atoms with van der Waals surface area (Å²) in [6, 6.07) is 0. The molecule has 0 aromatic carbocycles. The highest BCUT2D eigenvalue weighted by Crippen LogP contribution is 2.26. The van der Waals surface area contributed by atoms with Crippen LogP contribution in [0.2, 0.25) is 0 Å². The van der Waals surface area contributed by atoms with Gasteiger partial charge in [0.25, 0.3) is 0 Å². The molecule has 0 heterocycles. The topological polar surface area (TPSA) is 0 Å². The maximum atomic E-state index is 2.49. The van der Waals surface area contributed by atoms with Crippen molar-refractivity contribution in [3.63, 3.8) is 0 Å². The van der Waals surface area contributed by atoms with Crippen molar-refractivity contribution in [2.75, 3.05) is 0 Å². The molecule has 2 atom stereocenters. The summed E-state index contributed by atoms with van der Waals surface area (Å²) in [4.78, 5) is 0. The first-order valence-corrected chi connectivity index (χ1v) is 9.74. The Kier molecular flexibility index (Phi) is 15.4. The molecule has 0 aliphatic heterocycles. The Balaban J connectivity index is 3.68. The van der Waals surface area contributed by atoms with E-state index in [2.05, 4.69) is 27.7 Å². The molecule has 0 aromatic heterocycles. The van der Waals surface area contributed by atoms with Crippen LogP contribution >= 0.6 is 0 Å². The third kappa shape index (κ3) is 13.0. The average molecular weight is 283 g/mol. The van der Waals surface area contributed by atoms with Crippen LogP contribution in [0.3, 0.4) is 0 Å². The van der Waals surface area contributed by atoms with Crippen LogP contribution in [0.25, 0.3) is 0 Å². The molecule has 0 nitrogen and oxygen atoms in total. The monoisotopic (exact) mass is 282 g/mol. The Hall–Kier alpha value is 0. The van der Waals surface area contributed by atoms with Gasteiger partial charge in [0, 0.05) is 0 Å². The molecule has 0 heteroatoms. The minimum Gasteiger partial charge on any atom is -0.0654 e. The predicted molar refractivity (Wildman–Crippen MR) is 94.3 cm³/mol. The lowest BCUT2D eigenvalue weighted by atomic mass is 9.86. The van der Waals surface area contributed by atoms with Crippen LogP contribution in [-0.2, 0) is 0 Å². The molecule has 0 aliphatic carbocycles. The molecule has 0 N–H and O–H groups in total. The first-order valence-electron chi connectivity index (χ1n) is 9.74. The zero-order chi connectivity index (χ0) is 15.1. The van der Waals surface area contributed by atoms with Gasteiger partial charge < -0.3 is 0 Å². The molecular weight excluding hydrogens is 240 g/mol. The van der Waals surface area contributed by atoms with Crippen LogP contribution in [0, 0.1) is 11.8 Å². The zero-order valence-electron chi connectivity index (χ0n) is 15.1. The van der Waals surface area contributed by atoms with Gasteiger partial charge in [-0.15, -0.1) is 0 Å². The maximum absolute atomic E-state index is 2.49. The van der Waals surface area contributed by atoms with E-state index in [0.29, 0.717) is 0 Å². The minimum absolute atomic E-state index is 0.957. The van der Waals surface area contributed by atoms with Gasteiger partial charge in [-0.05, 0) is 18.3 Å². The van der Waals surface area contributed by atoms with Crippen molar-refractivity contribution < 1.29 is 0 Å². The highest BCUT2D eigenvalue weighted by molar-refractivity contribution is 4.64. The van der Waals surface area contributed by atoms with E-state index >= 15 is 0 Å². The molecular formula is C20H42. The molecule has 0 rings (SSSR count). The summed E-state index contributed by atoms with van der Waals surface area (Å²) in [7, 11) is 0. The van der Waals surface area contributed by atoms with Crippen LogP contribution in [0.5, 0.6) is 0 Å². The van der Waals surface area contributed by atoms with E-state index in [0.717, 1.165) is 11.8 Å². The molecule has 0 amide bonds. The molecule has 0 spiro atoms. The highest BCUT2D eigenvalue weighted by atomic mass is 14.2. The Morgan fingerprint density at radius 3 is 1.75 bits per heavy atom. The SMILES string of the molecule is CCCCCCCCC(CCC)CC(C)CCCCC. The van der Waals surface area contributed by atoms with Gasteiger partial charge in [0.15, 0.2) is 0 Å². The largest absolute Gasteiger partial charge is 0.0654 e. The van der Waals surface area contributed by atoms with Crippen molar-refractivity contribution in [2.45, 2.75) is 118 Å². The number of hydrogen-bond acceptors (Lipinski definition) is 0. The molecule has 0 radical (unpaired) electrons. The number of hydrogen-bond donors (Lipinski definition) is 0. The van der Waals surface area contributed by atoms with Gasteiger partial charge in [-0.1, -0.05) is 111 Å². The van der Waals surface area contributed by atoms with E-state index in [1.807, 2.05) is 0 Å². The second-order valence-corrected chi connectivity index (χ2v) is 7.05. The normalized spacial score (nSPS) is 14.4. The summed E-state index contributed by atoms with van der Waals surface area (Å²) in [6.07, 6.45) is 20.2. The van der Waals surface area contributed by atoms with Gasteiger partial charge in [-0.25, -0.2) is 0 Å². The number of unbranched alkanes of at least 4 members (excludes halogenated alkanes) is 7. The van der Waals surface area contributed by atoms with E-state index in [1.165, 1.54) is 89.9 Å². The van der Waals surface area contributed by atoms with E-state index in [1.54, 1.807) is 0 Å². The molecule has 0 bridgehead atoms. The highest BCUT2D eigenvalue weighted by Gasteiger charge is 2.12. The molecule has 20 heavy (non-hydrogen) atoms. The summed E-state index contributed by atoms with van der Waals surface area (Å²) >= 11 is 0. The summed E-state index contributed by atoms with van der Waals surface area (Å²) in [5.74, 6) is 1.97. The molecule has 0 aliphatic rings. The zero-order valence-corrected chi connectivity index (χ0v) is 15.1. The third-order valence-electron chi connectivity index (χ3n) is 4.70. The second kappa shape index (κ2) is 15.4. The Labute approximate surface area is 130 Å². The molecule has 0 saturated heterocycles. The first kappa shape index (κ1) is 20.0. The van der Waals surface area contributed by atoms with Gasteiger partial charge in [0.05, 0.1) is 0 Å². The van der Waals surface area contributed by atoms with Gasteiger partial charge in [-0.2, -0.15) is 0 Å². The molecule has 2 unspecified atom stereocenters. The first-order chi connectivity index (χ1) is 9.74. The lowest BCUT2D eigenvalue weighted by Gasteiger charge is -2.20. The summed E-state index contributed by atoms with van der Waals surface area (Å²) < 4.78 is 0. The van der Waals surface area contributed by atoms with Crippen molar-refractivity contribution in [3.8, 4) is 0 Å². The lowest BCUT2D eigenvalue weighted by molar-refractivity contribution is 0.320. The molecule has 122 valence electrons. The Morgan fingerprint density at radius 1 is 0.550 bits per heavy atom. The van der Waals surface area contributed by atoms with Gasteiger partial charge >= 0.3 is 0 Å². The van der Waals surface area contributed by atoms with Crippen molar-refractivity contribution in [1.82, 2.24) is 0 Å². The van der Waals surface area contributed by atoms with Crippen LogP contribution in [0.1, 0.15) is 118 Å². The molecule has 0 saturated carbocycles. The second-order valence-electron chi connectivity index (χ2n) is 7.05. The van der Waals surface area contributed by atoms with Gasteiger partial charge in [-0.3, -0.25) is 0 Å². The molecule has 0 aromatic rings. The quantitative estimate of drug-likeness (QED) is 0.269. The van der Waals surface area contributed by atoms with E-state index in [4.69, 9.17) is 0 Å². The molecule has 0 fully saturated rings. The van der Waals surface area contributed by atoms with Crippen LogP contribution < -0.4 is 0 Å². The van der Waals surface area contributed by atoms with Gasteiger partial charge in [0.2, 0.25) is 0 Å². The van der Waals surface area contributed by atoms with Crippen molar-refractivity contribution >= 4 is 0 Å². The third-order valence-corrected chi connectivity index (χ3v) is 4.70. The van der Waals surface area contributed by atoms with E-state index in [9.17, 15) is 0 Å². The smallest absolute Gasteiger partial charge is 0.0412 e. The summed E-state index contributed by atoms with van der Waals surface area (Å²) in [5, 5.41) is 0. The average Bonchev–Trinajstić information content (AvgIpc) is 2.43. The fourth-order valence-corrected chi connectivity index (χ4v) is 3.43. The summed E-state index contributed by atoms with van der Waals surface area (Å²) in [5.41, 5.74) is 0. The fourth-order valence-electron chi connectivity index (χ4n) is 3.43.